The molecule has 190 valence electrons. The molecule has 4 heterocycles. The van der Waals surface area contributed by atoms with E-state index in [0.29, 0.717) is 42.8 Å². The Balaban J connectivity index is 1.21. The number of halogens is 2. The average molecular weight is 497 g/mol. The number of hydrazine groups is 1. The minimum atomic E-state index is -0.595. The van der Waals surface area contributed by atoms with Gasteiger partial charge in [0.25, 0.3) is 11.5 Å². The largest absolute Gasteiger partial charge is 0.319 e. The van der Waals surface area contributed by atoms with E-state index in [-0.39, 0.29) is 28.6 Å². The fourth-order valence-corrected chi connectivity index (χ4v) is 5.14. The summed E-state index contributed by atoms with van der Waals surface area (Å²) >= 11 is 0. The summed E-state index contributed by atoms with van der Waals surface area (Å²) in [5.74, 6) is -1.43. The van der Waals surface area contributed by atoms with Gasteiger partial charge in [0.05, 0.1) is 5.52 Å². The molecule has 5 rings (SSSR count). The molecule has 2 fully saturated rings. The van der Waals surface area contributed by atoms with Gasteiger partial charge in [-0.05, 0) is 74.9 Å². The normalized spacial score (nSPS) is 17.6. The number of benzene rings is 1. The zero-order valence-electron chi connectivity index (χ0n) is 20.3. The van der Waals surface area contributed by atoms with Gasteiger partial charge >= 0.3 is 0 Å². The van der Waals surface area contributed by atoms with E-state index in [9.17, 15) is 18.4 Å². The van der Waals surface area contributed by atoms with Crippen LogP contribution in [0.5, 0.6) is 0 Å². The predicted molar refractivity (Wildman–Crippen MR) is 131 cm³/mol. The molecule has 2 N–H and O–H groups in total. The van der Waals surface area contributed by atoms with E-state index >= 15 is 0 Å². The van der Waals surface area contributed by atoms with Crippen molar-refractivity contribution in [1.29, 1.82) is 0 Å². The molecule has 2 saturated heterocycles. The highest BCUT2D eigenvalue weighted by molar-refractivity contribution is 5.91. The van der Waals surface area contributed by atoms with E-state index in [0.717, 1.165) is 44.3 Å². The number of aryl methyl sites for hydroxylation is 1. The first-order valence-corrected chi connectivity index (χ1v) is 12.6. The highest BCUT2D eigenvalue weighted by Gasteiger charge is 2.25. The van der Waals surface area contributed by atoms with Crippen LogP contribution in [0.25, 0.3) is 11.0 Å². The number of H-pyrrole nitrogens is 1. The molecule has 2 aliphatic heterocycles. The second kappa shape index (κ2) is 10.4. The summed E-state index contributed by atoms with van der Waals surface area (Å²) < 4.78 is 29.5. The number of aromatic amines is 1. The summed E-state index contributed by atoms with van der Waals surface area (Å²) in [6.45, 7) is 5.35. The topological polar surface area (TPSA) is 94.2 Å². The predicted octanol–water partition coefficient (Wildman–Crippen LogP) is 3.28. The SMILES string of the molecule is CCc1nc2c(F)cc(CN3CCC(c4ccc(C(=O)NN5CCCC5)nc4F)CC3)cc2[nH]c1=O. The zero-order valence-corrected chi connectivity index (χ0v) is 20.3. The molecule has 1 aromatic carbocycles. The van der Waals surface area contributed by atoms with Crippen LogP contribution in [-0.4, -0.2) is 56.9 Å². The summed E-state index contributed by atoms with van der Waals surface area (Å²) in [4.78, 5) is 37.5. The van der Waals surface area contributed by atoms with Gasteiger partial charge in [-0.25, -0.2) is 19.4 Å². The Morgan fingerprint density at radius 2 is 1.86 bits per heavy atom. The van der Waals surface area contributed by atoms with Crippen molar-refractivity contribution in [3.05, 3.63) is 68.9 Å². The summed E-state index contributed by atoms with van der Waals surface area (Å²) in [6.07, 6.45) is 3.96. The minimum absolute atomic E-state index is 0.00537. The number of aromatic nitrogens is 3. The number of hydrogen-bond acceptors (Lipinski definition) is 6. The maximum atomic E-state index is 14.8. The maximum absolute atomic E-state index is 14.8. The molecule has 0 radical (unpaired) electrons. The van der Waals surface area contributed by atoms with Gasteiger partial charge < -0.3 is 4.98 Å². The lowest BCUT2D eigenvalue weighted by Crippen LogP contribution is -2.40. The highest BCUT2D eigenvalue weighted by Crippen LogP contribution is 2.30. The number of hydrogen-bond donors (Lipinski definition) is 2. The number of nitrogens with one attached hydrogen (secondary N) is 2. The van der Waals surface area contributed by atoms with Crippen molar-refractivity contribution < 1.29 is 13.6 Å². The molecule has 0 aliphatic carbocycles. The number of carbonyl (C=O) groups excluding carboxylic acids is 1. The quantitative estimate of drug-likeness (QED) is 0.509. The lowest BCUT2D eigenvalue weighted by Gasteiger charge is -2.32. The summed E-state index contributed by atoms with van der Waals surface area (Å²) in [5.41, 5.74) is 4.73. The molecular weight excluding hydrogens is 466 g/mol. The average Bonchev–Trinajstić information content (AvgIpc) is 3.37. The van der Waals surface area contributed by atoms with E-state index in [1.807, 2.05) is 11.9 Å². The Kier molecular flexibility index (Phi) is 7.06. The second-order valence-corrected chi connectivity index (χ2v) is 9.60. The van der Waals surface area contributed by atoms with Crippen molar-refractivity contribution in [2.75, 3.05) is 26.2 Å². The van der Waals surface area contributed by atoms with Crippen LogP contribution in [0, 0.1) is 11.8 Å². The molecule has 0 saturated carbocycles. The molecule has 1 amide bonds. The number of rotatable bonds is 6. The van der Waals surface area contributed by atoms with E-state index in [2.05, 4.69) is 25.3 Å². The molecular formula is C26H30F2N6O2. The molecule has 0 atom stereocenters. The van der Waals surface area contributed by atoms with Gasteiger partial charge in [0, 0.05) is 25.2 Å². The van der Waals surface area contributed by atoms with Gasteiger partial charge in [-0.3, -0.25) is 19.9 Å². The smallest absolute Gasteiger partial charge is 0.284 e. The number of piperidine rings is 1. The number of fused-ring (bicyclic) bond motifs is 1. The number of carbonyl (C=O) groups is 1. The maximum Gasteiger partial charge on any atom is 0.284 e. The molecule has 36 heavy (non-hydrogen) atoms. The Labute approximate surface area is 207 Å². The van der Waals surface area contributed by atoms with Crippen molar-refractivity contribution in [2.45, 2.75) is 51.5 Å². The van der Waals surface area contributed by atoms with Crippen LogP contribution in [0.1, 0.15) is 65.8 Å². The first kappa shape index (κ1) is 24.5. The third kappa shape index (κ3) is 5.15. The van der Waals surface area contributed by atoms with Crippen molar-refractivity contribution >= 4 is 16.9 Å². The van der Waals surface area contributed by atoms with Crippen LogP contribution in [0.3, 0.4) is 0 Å². The summed E-state index contributed by atoms with van der Waals surface area (Å²) in [5, 5.41) is 1.84. The lowest BCUT2D eigenvalue weighted by molar-refractivity contribution is 0.0819. The summed E-state index contributed by atoms with van der Waals surface area (Å²) in [6, 6.07) is 6.50. The van der Waals surface area contributed by atoms with Gasteiger partial charge in [-0.2, -0.15) is 4.39 Å². The van der Waals surface area contributed by atoms with Gasteiger partial charge in [0.15, 0.2) is 5.82 Å². The molecule has 0 bridgehead atoms. The first-order valence-electron chi connectivity index (χ1n) is 12.6. The van der Waals surface area contributed by atoms with Crippen molar-refractivity contribution in [3.63, 3.8) is 0 Å². The molecule has 2 aliphatic rings. The van der Waals surface area contributed by atoms with Gasteiger partial charge in [-0.15, -0.1) is 0 Å². The van der Waals surface area contributed by atoms with E-state index in [1.165, 1.54) is 6.07 Å². The van der Waals surface area contributed by atoms with Gasteiger partial charge in [0.2, 0.25) is 5.95 Å². The van der Waals surface area contributed by atoms with Crippen LogP contribution in [0.15, 0.2) is 29.1 Å². The third-order valence-corrected chi connectivity index (χ3v) is 7.12. The summed E-state index contributed by atoms with van der Waals surface area (Å²) in [7, 11) is 0. The molecule has 0 spiro atoms. The van der Waals surface area contributed by atoms with Crippen LogP contribution in [-0.2, 0) is 13.0 Å². The van der Waals surface area contributed by atoms with Crippen molar-refractivity contribution in [2.24, 2.45) is 0 Å². The second-order valence-electron chi connectivity index (χ2n) is 9.60. The number of pyridine rings is 1. The molecule has 0 unspecified atom stereocenters. The highest BCUT2D eigenvalue weighted by atomic mass is 19.1. The monoisotopic (exact) mass is 496 g/mol. The standard InChI is InChI=1S/C26H30F2N6O2/c1-2-20-25(35)31-22-14-16(13-19(27)23(22)29-20)15-33-11-7-17(8-12-33)18-5-6-21(30-24(18)28)26(36)32-34-9-3-4-10-34/h5-6,13-14,17H,2-4,7-12,15H2,1H3,(H,31,35)(H,32,36). The van der Waals surface area contributed by atoms with Crippen LogP contribution >= 0.6 is 0 Å². The number of likely N-dealkylation sites (tertiary alicyclic amines) is 1. The van der Waals surface area contributed by atoms with Crippen molar-refractivity contribution in [3.8, 4) is 0 Å². The van der Waals surface area contributed by atoms with Crippen LogP contribution in [0.2, 0.25) is 0 Å². The van der Waals surface area contributed by atoms with Gasteiger partial charge in [-0.1, -0.05) is 13.0 Å². The molecule has 2 aromatic heterocycles. The van der Waals surface area contributed by atoms with Gasteiger partial charge in [0.1, 0.15) is 16.9 Å². The number of nitrogens with zero attached hydrogens (tertiary/aromatic N) is 4. The Morgan fingerprint density at radius 1 is 1.11 bits per heavy atom. The Morgan fingerprint density at radius 3 is 2.56 bits per heavy atom. The van der Waals surface area contributed by atoms with Crippen LogP contribution < -0.4 is 11.0 Å². The Bertz CT molecular complexity index is 1330. The Hall–Kier alpha value is -3.24. The van der Waals surface area contributed by atoms with E-state index < -0.39 is 11.8 Å². The lowest BCUT2D eigenvalue weighted by atomic mass is 9.90. The van der Waals surface area contributed by atoms with Crippen LogP contribution in [0.4, 0.5) is 8.78 Å². The minimum Gasteiger partial charge on any atom is -0.319 e. The third-order valence-electron chi connectivity index (χ3n) is 7.12. The molecule has 8 nitrogen and oxygen atoms in total. The zero-order chi connectivity index (χ0) is 25.2. The van der Waals surface area contributed by atoms with E-state index in [1.54, 1.807) is 18.2 Å². The first-order chi connectivity index (χ1) is 17.4. The fraction of sp³-hybridized carbons (Fsp3) is 0.462. The molecule has 10 heteroatoms. The van der Waals surface area contributed by atoms with Crippen molar-refractivity contribution in [1.82, 2.24) is 30.3 Å². The van der Waals surface area contributed by atoms with E-state index in [4.69, 9.17) is 0 Å². The fourth-order valence-electron chi connectivity index (χ4n) is 5.14. The number of amides is 1. The molecule has 3 aromatic rings.